The first-order chi connectivity index (χ1) is 14.5. The zero-order valence-corrected chi connectivity index (χ0v) is 16.9. The second kappa shape index (κ2) is 8.49. The molecule has 1 saturated heterocycles. The Morgan fingerprint density at radius 1 is 1.47 bits per heavy atom. The molecule has 11 heteroatoms. The number of ether oxygens (including phenoxy) is 2. The van der Waals surface area contributed by atoms with Crippen molar-refractivity contribution in [1.29, 1.82) is 0 Å². The fourth-order valence-corrected chi connectivity index (χ4v) is 3.20. The Kier molecular flexibility index (Phi) is 5.61. The molecule has 1 fully saturated rings. The van der Waals surface area contributed by atoms with Crippen LogP contribution in [0.2, 0.25) is 0 Å². The van der Waals surface area contributed by atoms with Gasteiger partial charge in [0.2, 0.25) is 0 Å². The quantitative estimate of drug-likeness (QED) is 0.600. The number of methoxy groups -OCH3 is 1. The number of amides is 1. The average molecular weight is 430 g/mol. The van der Waals surface area contributed by atoms with Gasteiger partial charge in [-0.2, -0.15) is 5.10 Å². The fourth-order valence-electron chi connectivity index (χ4n) is 3.12. The summed E-state index contributed by atoms with van der Waals surface area (Å²) in [5.41, 5.74) is 1.48. The van der Waals surface area contributed by atoms with E-state index in [1.807, 2.05) is 12.3 Å². The van der Waals surface area contributed by atoms with E-state index in [-0.39, 0.29) is 11.7 Å². The molecular formula is C19H19FN6O3S. The monoisotopic (exact) mass is 430 g/mol. The van der Waals surface area contributed by atoms with Gasteiger partial charge >= 0.3 is 6.09 Å². The SMILES string of the molecule is COC(=S)NCC1CN(c2ccc(-n3cnc(Cn4cccn4)c3)c(F)c2)C(=O)O1. The molecule has 3 heterocycles. The highest BCUT2D eigenvalue weighted by molar-refractivity contribution is 7.80. The highest BCUT2D eigenvalue weighted by atomic mass is 32.1. The minimum atomic E-state index is -0.540. The summed E-state index contributed by atoms with van der Waals surface area (Å²) in [5, 5.41) is 7.19. The first-order valence-electron chi connectivity index (χ1n) is 9.13. The van der Waals surface area contributed by atoms with Crippen LogP contribution < -0.4 is 10.2 Å². The van der Waals surface area contributed by atoms with Gasteiger partial charge in [0.25, 0.3) is 5.17 Å². The lowest BCUT2D eigenvalue weighted by atomic mass is 10.2. The number of nitrogens with one attached hydrogen (secondary N) is 1. The number of rotatable bonds is 6. The summed E-state index contributed by atoms with van der Waals surface area (Å²) in [7, 11) is 1.45. The molecule has 0 bridgehead atoms. The molecule has 1 aliphatic heterocycles. The number of hydrogen-bond acceptors (Lipinski definition) is 6. The summed E-state index contributed by atoms with van der Waals surface area (Å²) in [6, 6.07) is 6.40. The third kappa shape index (κ3) is 4.25. The normalized spacial score (nSPS) is 15.9. The van der Waals surface area contributed by atoms with E-state index in [0.717, 1.165) is 5.69 Å². The predicted octanol–water partition coefficient (Wildman–Crippen LogP) is 2.10. The third-order valence-corrected chi connectivity index (χ3v) is 4.88. The predicted molar refractivity (Wildman–Crippen MR) is 110 cm³/mol. The molecule has 9 nitrogen and oxygen atoms in total. The van der Waals surface area contributed by atoms with Crippen molar-refractivity contribution in [2.24, 2.45) is 0 Å². The lowest BCUT2D eigenvalue weighted by Gasteiger charge is -2.15. The van der Waals surface area contributed by atoms with Gasteiger partial charge < -0.3 is 19.4 Å². The number of nitrogens with zero attached hydrogens (tertiary/aromatic N) is 5. The minimum absolute atomic E-state index is 0.215. The number of imidazole rings is 1. The molecule has 0 radical (unpaired) electrons. The van der Waals surface area contributed by atoms with Crippen molar-refractivity contribution < 1.29 is 18.7 Å². The first-order valence-corrected chi connectivity index (χ1v) is 9.54. The summed E-state index contributed by atoms with van der Waals surface area (Å²) in [4.78, 5) is 17.9. The van der Waals surface area contributed by atoms with Crippen LogP contribution in [0.1, 0.15) is 5.69 Å². The Bertz CT molecular complexity index is 1050. The van der Waals surface area contributed by atoms with Gasteiger partial charge in [0, 0.05) is 18.6 Å². The van der Waals surface area contributed by atoms with Crippen LogP contribution in [-0.4, -0.2) is 56.9 Å². The van der Waals surface area contributed by atoms with Crippen LogP contribution in [0, 0.1) is 5.82 Å². The van der Waals surface area contributed by atoms with E-state index in [2.05, 4.69) is 15.4 Å². The number of benzene rings is 1. The lowest BCUT2D eigenvalue weighted by molar-refractivity contribution is 0.142. The van der Waals surface area contributed by atoms with Crippen LogP contribution in [0.4, 0.5) is 14.9 Å². The summed E-state index contributed by atoms with van der Waals surface area (Å²) in [6.45, 7) is 1.07. The number of thiocarbonyl (C=S) groups is 1. The van der Waals surface area contributed by atoms with Crippen LogP contribution >= 0.6 is 12.2 Å². The van der Waals surface area contributed by atoms with Gasteiger partial charge in [-0.1, -0.05) is 0 Å². The Labute approximate surface area is 177 Å². The zero-order valence-electron chi connectivity index (χ0n) is 16.1. The zero-order chi connectivity index (χ0) is 21.1. The number of carbonyl (C=O) groups excluding carboxylic acids is 1. The summed E-state index contributed by atoms with van der Waals surface area (Å²) in [6.07, 6.45) is 5.83. The fraction of sp³-hybridized carbons (Fsp3) is 0.263. The lowest BCUT2D eigenvalue weighted by Crippen LogP contribution is -2.34. The van der Waals surface area contributed by atoms with E-state index in [0.29, 0.717) is 24.5 Å². The highest BCUT2D eigenvalue weighted by Crippen LogP contribution is 2.25. The molecule has 1 aromatic carbocycles. The van der Waals surface area contributed by atoms with Crippen molar-refractivity contribution in [2.45, 2.75) is 12.6 Å². The molecule has 0 aliphatic carbocycles. The number of carbonyl (C=O) groups is 1. The maximum Gasteiger partial charge on any atom is 0.414 e. The number of anilines is 1. The maximum absolute atomic E-state index is 14.8. The minimum Gasteiger partial charge on any atom is -0.474 e. The Balaban J connectivity index is 1.45. The Hall–Kier alpha value is -3.47. The van der Waals surface area contributed by atoms with Gasteiger partial charge in [-0.05, 0) is 36.5 Å². The van der Waals surface area contributed by atoms with Crippen LogP contribution in [0.25, 0.3) is 5.69 Å². The molecule has 0 saturated carbocycles. The molecule has 0 spiro atoms. The smallest absolute Gasteiger partial charge is 0.414 e. The number of hydrogen-bond donors (Lipinski definition) is 1. The molecule has 30 heavy (non-hydrogen) atoms. The van der Waals surface area contributed by atoms with E-state index in [1.165, 1.54) is 18.1 Å². The Morgan fingerprint density at radius 2 is 2.33 bits per heavy atom. The molecule has 1 unspecified atom stereocenters. The second-order valence-electron chi connectivity index (χ2n) is 6.60. The van der Waals surface area contributed by atoms with Crippen molar-refractivity contribution in [2.75, 3.05) is 25.1 Å². The molecule has 156 valence electrons. The van der Waals surface area contributed by atoms with Gasteiger partial charge in [-0.25, -0.2) is 14.2 Å². The van der Waals surface area contributed by atoms with Gasteiger partial charge in [0.15, 0.2) is 0 Å². The first kappa shape index (κ1) is 19.8. The van der Waals surface area contributed by atoms with Gasteiger partial charge in [0.1, 0.15) is 11.9 Å². The van der Waals surface area contributed by atoms with E-state index in [9.17, 15) is 9.18 Å². The third-order valence-electron chi connectivity index (χ3n) is 4.57. The van der Waals surface area contributed by atoms with Crippen LogP contribution in [-0.2, 0) is 16.0 Å². The largest absolute Gasteiger partial charge is 0.474 e. The number of halogens is 1. The molecule has 4 rings (SSSR count). The standard InChI is InChI=1S/C19H19FN6O3S/c1-28-18(30)21-8-15-11-26(19(27)29-15)14-3-4-17(16(20)7-14)24-9-13(22-12-24)10-25-6-2-5-23-25/h2-7,9,12,15H,8,10-11H2,1H3,(H,21,30). The topological polar surface area (TPSA) is 86.4 Å². The van der Waals surface area contributed by atoms with Gasteiger partial charge in [-0.15, -0.1) is 0 Å². The average Bonchev–Trinajstić information content (AvgIpc) is 3.48. The molecule has 3 aromatic rings. The van der Waals surface area contributed by atoms with E-state index >= 15 is 0 Å². The molecule has 1 aliphatic rings. The van der Waals surface area contributed by atoms with Crippen molar-refractivity contribution in [3.8, 4) is 5.69 Å². The van der Waals surface area contributed by atoms with Crippen LogP contribution in [0.5, 0.6) is 0 Å². The van der Waals surface area contributed by atoms with Crippen molar-refractivity contribution in [3.05, 3.63) is 60.7 Å². The van der Waals surface area contributed by atoms with Crippen molar-refractivity contribution in [1.82, 2.24) is 24.6 Å². The van der Waals surface area contributed by atoms with Crippen molar-refractivity contribution >= 4 is 29.2 Å². The molecule has 1 N–H and O–H groups in total. The van der Waals surface area contributed by atoms with Crippen molar-refractivity contribution in [3.63, 3.8) is 0 Å². The summed E-state index contributed by atoms with van der Waals surface area (Å²) >= 11 is 4.90. The molecule has 2 aromatic heterocycles. The number of cyclic esters (lactones) is 1. The Morgan fingerprint density at radius 3 is 3.07 bits per heavy atom. The molecule has 1 atom stereocenters. The summed E-state index contributed by atoms with van der Waals surface area (Å²) in [5.74, 6) is -0.481. The molecular weight excluding hydrogens is 411 g/mol. The molecule has 1 amide bonds. The van der Waals surface area contributed by atoms with E-state index in [4.69, 9.17) is 21.7 Å². The second-order valence-corrected chi connectivity index (χ2v) is 6.97. The summed E-state index contributed by atoms with van der Waals surface area (Å²) < 4.78 is 28.3. The highest BCUT2D eigenvalue weighted by Gasteiger charge is 2.32. The number of aromatic nitrogens is 4. The van der Waals surface area contributed by atoms with Gasteiger partial charge in [0.05, 0.1) is 50.1 Å². The van der Waals surface area contributed by atoms with E-state index in [1.54, 1.807) is 40.1 Å². The van der Waals surface area contributed by atoms with Crippen LogP contribution in [0.15, 0.2) is 49.2 Å². The maximum atomic E-state index is 14.8. The van der Waals surface area contributed by atoms with Gasteiger partial charge in [-0.3, -0.25) is 9.58 Å². The van der Waals surface area contributed by atoms with E-state index < -0.39 is 18.0 Å². The van der Waals surface area contributed by atoms with Crippen LogP contribution in [0.3, 0.4) is 0 Å².